The number of rotatable bonds is 4. The summed E-state index contributed by atoms with van der Waals surface area (Å²) < 4.78 is 43.3. The van der Waals surface area contributed by atoms with Crippen molar-refractivity contribution >= 4 is 17.4 Å². The van der Waals surface area contributed by atoms with E-state index in [2.05, 4.69) is 5.32 Å². The van der Waals surface area contributed by atoms with E-state index < -0.39 is 17.6 Å². The van der Waals surface area contributed by atoms with E-state index in [9.17, 15) is 22.8 Å². The number of halogens is 3. The molecule has 0 saturated heterocycles. The maximum Gasteiger partial charge on any atom is 0.416 e. The van der Waals surface area contributed by atoms with Gasteiger partial charge in [-0.2, -0.15) is 13.2 Å². The van der Waals surface area contributed by atoms with Crippen LogP contribution < -0.4 is 10.1 Å². The number of ether oxygens (including phenoxy) is 1. The number of ketones is 1. The van der Waals surface area contributed by atoms with Gasteiger partial charge in [0.25, 0.3) is 5.91 Å². The molecule has 0 aromatic heterocycles. The van der Waals surface area contributed by atoms with E-state index in [0.717, 1.165) is 17.7 Å². The molecule has 1 aliphatic carbocycles. The quantitative estimate of drug-likeness (QED) is 0.912. The third kappa shape index (κ3) is 3.99. The number of carbonyl (C=O) groups is 2. The minimum atomic E-state index is -4.48. The highest BCUT2D eigenvalue weighted by molar-refractivity contribution is 6.00. The molecule has 1 N–H and O–H groups in total. The maximum atomic E-state index is 12.7. The average molecular weight is 349 g/mol. The van der Waals surface area contributed by atoms with E-state index in [-0.39, 0.29) is 18.1 Å². The third-order valence-electron chi connectivity index (χ3n) is 3.85. The molecule has 0 saturated carbocycles. The van der Waals surface area contributed by atoms with Crippen LogP contribution in [0.5, 0.6) is 5.75 Å². The summed E-state index contributed by atoms with van der Waals surface area (Å²) in [7, 11) is 0. The Bertz CT molecular complexity index is 831. The summed E-state index contributed by atoms with van der Waals surface area (Å²) >= 11 is 0. The van der Waals surface area contributed by atoms with Crippen LogP contribution in [0.3, 0.4) is 0 Å². The van der Waals surface area contributed by atoms with Crippen molar-refractivity contribution < 1.29 is 27.5 Å². The number of aryl methyl sites for hydroxylation is 1. The molecule has 0 aliphatic heterocycles. The molecule has 1 aliphatic rings. The molecule has 0 radical (unpaired) electrons. The summed E-state index contributed by atoms with van der Waals surface area (Å²) in [6, 6.07) is 9.38. The van der Waals surface area contributed by atoms with Crippen LogP contribution in [0, 0.1) is 0 Å². The fourth-order valence-electron chi connectivity index (χ4n) is 2.63. The Hall–Kier alpha value is -2.83. The van der Waals surface area contributed by atoms with Crippen LogP contribution in [-0.2, 0) is 17.4 Å². The zero-order valence-electron chi connectivity index (χ0n) is 13.0. The Kier molecular flexibility index (Phi) is 4.48. The number of fused-ring (bicyclic) bond motifs is 1. The van der Waals surface area contributed by atoms with Crippen LogP contribution in [0.1, 0.15) is 27.9 Å². The van der Waals surface area contributed by atoms with E-state index >= 15 is 0 Å². The number of carbonyl (C=O) groups excluding carboxylic acids is 2. The highest BCUT2D eigenvalue weighted by Crippen LogP contribution is 2.30. The van der Waals surface area contributed by atoms with Crippen LogP contribution in [-0.4, -0.2) is 18.3 Å². The molecule has 0 spiro atoms. The summed E-state index contributed by atoms with van der Waals surface area (Å²) in [5.41, 5.74) is 0.734. The second-order valence-electron chi connectivity index (χ2n) is 5.66. The molecule has 0 fully saturated rings. The van der Waals surface area contributed by atoms with E-state index in [0.29, 0.717) is 24.2 Å². The molecule has 0 bridgehead atoms. The van der Waals surface area contributed by atoms with Gasteiger partial charge in [0.1, 0.15) is 5.75 Å². The minimum Gasteiger partial charge on any atom is -0.484 e. The Morgan fingerprint density at radius 2 is 1.92 bits per heavy atom. The van der Waals surface area contributed by atoms with Gasteiger partial charge in [0.2, 0.25) is 0 Å². The van der Waals surface area contributed by atoms with Crippen molar-refractivity contribution in [2.24, 2.45) is 0 Å². The predicted molar refractivity (Wildman–Crippen MR) is 84.7 cm³/mol. The second-order valence-corrected chi connectivity index (χ2v) is 5.66. The number of hydrogen-bond donors (Lipinski definition) is 1. The lowest BCUT2D eigenvalue weighted by Crippen LogP contribution is -2.20. The monoisotopic (exact) mass is 349 g/mol. The Labute approximate surface area is 141 Å². The molecule has 3 rings (SSSR count). The largest absolute Gasteiger partial charge is 0.484 e. The Morgan fingerprint density at radius 3 is 2.68 bits per heavy atom. The lowest BCUT2D eigenvalue weighted by molar-refractivity contribution is -0.137. The van der Waals surface area contributed by atoms with Crippen LogP contribution in [0.2, 0.25) is 0 Å². The highest BCUT2D eigenvalue weighted by atomic mass is 19.4. The third-order valence-corrected chi connectivity index (χ3v) is 3.85. The first-order valence-electron chi connectivity index (χ1n) is 7.59. The van der Waals surface area contributed by atoms with Gasteiger partial charge in [-0.05, 0) is 42.3 Å². The molecule has 4 nitrogen and oxygen atoms in total. The van der Waals surface area contributed by atoms with E-state index in [1.165, 1.54) is 12.1 Å². The predicted octanol–water partition coefficient (Wildman–Crippen LogP) is 3.85. The van der Waals surface area contributed by atoms with Gasteiger partial charge in [-0.1, -0.05) is 12.1 Å². The molecule has 130 valence electrons. The minimum absolute atomic E-state index is 0.0348. The standard InChI is InChI=1S/C18H14F3NO3/c19-18(20,21)12-2-1-3-13(8-12)22-17(24)10-25-14-6-4-11-5-7-16(23)15(11)9-14/h1-4,6,8-9H,5,7,10H2,(H,22,24). The zero-order chi connectivity index (χ0) is 18.0. The van der Waals surface area contributed by atoms with Crippen molar-refractivity contribution in [3.8, 4) is 5.75 Å². The molecule has 0 unspecified atom stereocenters. The number of benzene rings is 2. The fourth-order valence-corrected chi connectivity index (χ4v) is 2.63. The van der Waals surface area contributed by atoms with Gasteiger partial charge >= 0.3 is 6.18 Å². The molecular formula is C18H14F3NO3. The summed E-state index contributed by atoms with van der Waals surface area (Å²) in [6.45, 7) is -0.372. The van der Waals surface area contributed by atoms with Crippen molar-refractivity contribution in [2.75, 3.05) is 11.9 Å². The molecule has 1 amide bonds. The molecule has 7 heteroatoms. The van der Waals surface area contributed by atoms with Gasteiger partial charge in [-0.3, -0.25) is 9.59 Å². The van der Waals surface area contributed by atoms with E-state index in [1.807, 2.05) is 0 Å². The number of alkyl halides is 3. The number of anilines is 1. The normalized spacial score (nSPS) is 13.5. The first-order valence-corrected chi connectivity index (χ1v) is 7.59. The molecule has 2 aromatic rings. The molecule has 0 atom stereocenters. The van der Waals surface area contributed by atoms with Crippen LogP contribution >= 0.6 is 0 Å². The number of Topliss-reactive ketones (excluding diaryl/α,β-unsaturated/α-hetero) is 1. The van der Waals surface area contributed by atoms with Gasteiger partial charge in [0, 0.05) is 17.7 Å². The van der Waals surface area contributed by atoms with Gasteiger partial charge in [0.15, 0.2) is 12.4 Å². The SMILES string of the molecule is O=C(COc1ccc2c(c1)C(=O)CC2)Nc1cccc(C(F)(F)F)c1. The van der Waals surface area contributed by atoms with Gasteiger partial charge in [-0.15, -0.1) is 0 Å². The van der Waals surface area contributed by atoms with Crippen LogP contribution in [0.4, 0.5) is 18.9 Å². The van der Waals surface area contributed by atoms with E-state index in [4.69, 9.17) is 4.74 Å². The fraction of sp³-hybridized carbons (Fsp3) is 0.222. The zero-order valence-corrected chi connectivity index (χ0v) is 13.0. The lowest BCUT2D eigenvalue weighted by atomic mass is 10.1. The van der Waals surface area contributed by atoms with Crippen molar-refractivity contribution in [3.05, 3.63) is 59.2 Å². The first kappa shape index (κ1) is 17.0. The Balaban J connectivity index is 1.60. The highest BCUT2D eigenvalue weighted by Gasteiger charge is 2.30. The second kappa shape index (κ2) is 6.58. The lowest BCUT2D eigenvalue weighted by Gasteiger charge is -2.11. The van der Waals surface area contributed by atoms with Crippen molar-refractivity contribution in [3.63, 3.8) is 0 Å². The maximum absolute atomic E-state index is 12.7. The van der Waals surface area contributed by atoms with Gasteiger partial charge in [0.05, 0.1) is 5.56 Å². The van der Waals surface area contributed by atoms with Gasteiger partial charge < -0.3 is 10.1 Å². The number of amides is 1. The van der Waals surface area contributed by atoms with Gasteiger partial charge in [-0.25, -0.2) is 0 Å². The molecular weight excluding hydrogens is 335 g/mol. The van der Waals surface area contributed by atoms with Crippen molar-refractivity contribution in [2.45, 2.75) is 19.0 Å². The molecule has 0 heterocycles. The summed E-state index contributed by atoms with van der Waals surface area (Å²) in [6.07, 6.45) is -3.31. The summed E-state index contributed by atoms with van der Waals surface area (Å²) in [5, 5.41) is 2.35. The smallest absolute Gasteiger partial charge is 0.416 e. The van der Waals surface area contributed by atoms with Crippen LogP contribution in [0.25, 0.3) is 0 Å². The molecule has 25 heavy (non-hydrogen) atoms. The van der Waals surface area contributed by atoms with E-state index in [1.54, 1.807) is 18.2 Å². The first-order chi connectivity index (χ1) is 11.8. The Morgan fingerprint density at radius 1 is 1.12 bits per heavy atom. The number of hydrogen-bond acceptors (Lipinski definition) is 3. The topological polar surface area (TPSA) is 55.4 Å². The molecule has 2 aromatic carbocycles. The summed E-state index contributed by atoms with van der Waals surface area (Å²) in [4.78, 5) is 23.5. The van der Waals surface area contributed by atoms with Crippen LogP contribution in [0.15, 0.2) is 42.5 Å². The number of nitrogens with one attached hydrogen (secondary N) is 1. The van der Waals surface area contributed by atoms with Crippen molar-refractivity contribution in [1.29, 1.82) is 0 Å². The van der Waals surface area contributed by atoms with Crippen molar-refractivity contribution in [1.82, 2.24) is 0 Å². The average Bonchev–Trinajstić information content (AvgIpc) is 2.93. The summed E-state index contributed by atoms with van der Waals surface area (Å²) in [5.74, 6) is -0.187.